The molecule has 0 atom stereocenters. The van der Waals surface area contributed by atoms with E-state index in [1.165, 1.54) is 43.1 Å². The molecule has 13 heteroatoms. The summed E-state index contributed by atoms with van der Waals surface area (Å²) in [6.45, 7) is 0.0923. The normalized spacial score (nSPS) is 10.9. The van der Waals surface area contributed by atoms with E-state index < -0.39 is 10.8 Å². The molecular formula is C21H16ClN5O5S2. The summed E-state index contributed by atoms with van der Waals surface area (Å²) >= 11 is 8.72. The second kappa shape index (κ2) is 11.5. The van der Waals surface area contributed by atoms with Crippen molar-refractivity contribution in [3.63, 3.8) is 0 Å². The molecule has 174 valence electrons. The van der Waals surface area contributed by atoms with Gasteiger partial charge in [0, 0.05) is 23.7 Å². The first kappa shape index (κ1) is 25.0. The molecule has 10 nitrogen and oxygen atoms in total. The lowest BCUT2D eigenvalue weighted by molar-refractivity contribution is -0.384. The van der Waals surface area contributed by atoms with E-state index in [9.17, 15) is 20.2 Å². The van der Waals surface area contributed by atoms with Gasteiger partial charge < -0.3 is 9.47 Å². The number of carbonyl (C=O) groups excluding carboxylic acids is 1. The molecule has 0 aliphatic rings. The second-order valence-electron chi connectivity index (χ2n) is 6.46. The lowest BCUT2D eigenvalue weighted by Gasteiger charge is -2.13. The predicted octanol–water partition coefficient (Wildman–Crippen LogP) is 4.95. The molecule has 2 aromatic carbocycles. The van der Waals surface area contributed by atoms with Gasteiger partial charge in [0.15, 0.2) is 11.5 Å². The Morgan fingerprint density at radius 2 is 2.12 bits per heavy atom. The minimum atomic E-state index is -0.639. The number of ether oxygens (including phenoxy) is 2. The van der Waals surface area contributed by atoms with Gasteiger partial charge in [0.25, 0.3) is 11.6 Å². The van der Waals surface area contributed by atoms with E-state index in [4.69, 9.17) is 21.1 Å². The maximum atomic E-state index is 12.5. The van der Waals surface area contributed by atoms with Crippen LogP contribution < -0.4 is 14.8 Å². The zero-order valence-electron chi connectivity index (χ0n) is 17.8. The predicted molar refractivity (Wildman–Crippen MR) is 129 cm³/mol. The fourth-order valence-electron chi connectivity index (χ4n) is 2.66. The molecule has 0 fully saturated rings. The number of thioether (sulfide) groups is 1. The smallest absolute Gasteiger partial charge is 0.269 e. The molecule has 0 aliphatic heterocycles. The summed E-state index contributed by atoms with van der Waals surface area (Å²) in [5, 5.41) is 23.8. The van der Waals surface area contributed by atoms with E-state index in [-0.39, 0.29) is 39.5 Å². The summed E-state index contributed by atoms with van der Waals surface area (Å²) in [6.07, 6.45) is 3.17. The van der Waals surface area contributed by atoms with Crippen LogP contribution in [0, 0.1) is 21.4 Å². The van der Waals surface area contributed by atoms with Gasteiger partial charge in [0.2, 0.25) is 10.3 Å². The zero-order chi connectivity index (χ0) is 24.7. The van der Waals surface area contributed by atoms with Crippen molar-refractivity contribution < 1.29 is 19.2 Å². The van der Waals surface area contributed by atoms with Crippen LogP contribution >= 0.6 is 34.9 Å². The van der Waals surface area contributed by atoms with Crippen molar-refractivity contribution in [1.29, 1.82) is 5.26 Å². The fraction of sp³-hybridized carbons (Fsp3) is 0.143. The number of anilines is 1. The average Bonchev–Trinajstić information content (AvgIpc) is 3.29. The van der Waals surface area contributed by atoms with Crippen molar-refractivity contribution in [2.45, 2.75) is 11.8 Å². The molecule has 1 N–H and O–H groups in total. The molecule has 0 spiro atoms. The van der Waals surface area contributed by atoms with Gasteiger partial charge >= 0.3 is 0 Å². The maximum absolute atomic E-state index is 12.5. The van der Waals surface area contributed by atoms with Crippen LogP contribution in [0.25, 0.3) is 6.08 Å². The monoisotopic (exact) mass is 517 g/mol. The third kappa shape index (κ3) is 6.22. The third-order valence-corrected chi connectivity index (χ3v) is 5.84. The minimum absolute atomic E-state index is 0.0244. The summed E-state index contributed by atoms with van der Waals surface area (Å²) in [5.41, 5.74) is 0.943. The number of hydrogen-bond acceptors (Lipinski definition) is 10. The highest BCUT2D eigenvalue weighted by atomic mass is 35.5. The number of non-ortho nitro benzene ring substituents is 1. The van der Waals surface area contributed by atoms with Crippen molar-refractivity contribution in [2.24, 2.45) is 0 Å². The lowest BCUT2D eigenvalue weighted by atomic mass is 10.1. The average molecular weight is 518 g/mol. The molecule has 34 heavy (non-hydrogen) atoms. The number of carbonyl (C=O) groups is 1. The molecule has 0 saturated heterocycles. The number of nitro groups is 1. The summed E-state index contributed by atoms with van der Waals surface area (Å²) in [5.74, 6) is -0.104. The number of nitriles is 1. The van der Waals surface area contributed by atoms with Crippen LogP contribution in [0.1, 0.15) is 11.1 Å². The minimum Gasteiger partial charge on any atom is -0.493 e. The number of benzene rings is 2. The number of nitro benzene ring substituents is 1. The van der Waals surface area contributed by atoms with E-state index in [1.807, 2.05) is 12.3 Å². The van der Waals surface area contributed by atoms with E-state index in [0.29, 0.717) is 16.3 Å². The van der Waals surface area contributed by atoms with Crippen molar-refractivity contribution >= 4 is 57.7 Å². The Morgan fingerprint density at radius 1 is 1.38 bits per heavy atom. The number of hydrogen-bond donors (Lipinski definition) is 1. The highest BCUT2D eigenvalue weighted by molar-refractivity contribution is 7.98. The first-order chi connectivity index (χ1) is 16.3. The summed E-state index contributed by atoms with van der Waals surface area (Å²) in [7, 11) is 1.43. The summed E-state index contributed by atoms with van der Waals surface area (Å²) < 4.78 is 15.2. The van der Waals surface area contributed by atoms with E-state index in [2.05, 4.69) is 14.7 Å². The van der Waals surface area contributed by atoms with Crippen molar-refractivity contribution in [3.8, 4) is 17.6 Å². The Morgan fingerprint density at radius 3 is 2.71 bits per heavy atom. The molecule has 1 heterocycles. The number of methoxy groups -OCH3 is 1. The Kier molecular flexibility index (Phi) is 8.42. The molecule has 0 radical (unpaired) electrons. The third-order valence-electron chi connectivity index (χ3n) is 4.27. The van der Waals surface area contributed by atoms with Crippen LogP contribution in [0.4, 0.5) is 10.8 Å². The Labute approximate surface area is 207 Å². The number of nitrogens with one attached hydrogen (secondary N) is 1. The van der Waals surface area contributed by atoms with E-state index in [1.54, 1.807) is 18.2 Å². The molecule has 0 aliphatic carbocycles. The SMILES string of the molecule is COc1cc(C=C(C#N)C(=O)Nc2nc(SC)ns2)cc(Cl)c1OCc1ccc([N+](=O)[O-])cc1. The summed E-state index contributed by atoms with van der Waals surface area (Å²) in [4.78, 5) is 26.9. The quantitative estimate of drug-likeness (QED) is 0.137. The first-order valence-corrected chi connectivity index (χ1v) is 11.8. The molecule has 0 unspecified atom stereocenters. The van der Waals surface area contributed by atoms with Crippen molar-refractivity contribution in [2.75, 3.05) is 18.7 Å². The number of aromatic nitrogens is 2. The van der Waals surface area contributed by atoms with E-state index >= 15 is 0 Å². The highest BCUT2D eigenvalue weighted by Crippen LogP contribution is 2.37. The number of nitrogens with zero attached hydrogens (tertiary/aromatic N) is 4. The number of amides is 1. The standard InChI is InChI=1S/C21H16ClN5O5S2/c1-31-17-9-13(7-14(10-23)19(28)24-20-25-21(33-2)26-34-20)8-16(22)18(17)32-11-12-3-5-15(6-4-12)27(29)30/h3-9H,11H2,1-2H3,(H,24,25,26,28). The van der Waals surface area contributed by atoms with Gasteiger partial charge in [0.05, 0.1) is 17.1 Å². The van der Waals surface area contributed by atoms with Crippen molar-refractivity contribution in [3.05, 3.63) is 68.2 Å². The fourth-order valence-corrected chi connectivity index (χ4v) is 4.05. The van der Waals surface area contributed by atoms with Gasteiger partial charge in [-0.05, 0) is 47.7 Å². The molecular weight excluding hydrogens is 502 g/mol. The van der Waals surface area contributed by atoms with Crippen LogP contribution in [-0.4, -0.2) is 33.6 Å². The highest BCUT2D eigenvalue weighted by Gasteiger charge is 2.16. The van der Waals surface area contributed by atoms with Gasteiger partial charge in [-0.25, -0.2) is 0 Å². The Hall–Kier alpha value is -3.66. The van der Waals surface area contributed by atoms with Crippen LogP contribution in [0.5, 0.6) is 11.5 Å². The maximum Gasteiger partial charge on any atom is 0.269 e. The lowest BCUT2D eigenvalue weighted by Crippen LogP contribution is -2.13. The van der Waals surface area contributed by atoms with Gasteiger partial charge in [0.1, 0.15) is 18.2 Å². The largest absolute Gasteiger partial charge is 0.493 e. The van der Waals surface area contributed by atoms with Gasteiger partial charge in [-0.1, -0.05) is 23.4 Å². The van der Waals surface area contributed by atoms with Gasteiger partial charge in [-0.3, -0.25) is 20.2 Å². The van der Waals surface area contributed by atoms with Gasteiger partial charge in [-0.15, -0.1) is 0 Å². The van der Waals surface area contributed by atoms with Crippen molar-refractivity contribution in [1.82, 2.24) is 9.36 Å². The molecule has 0 bridgehead atoms. The summed E-state index contributed by atoms with van der Waals surface area (Å²) in [6, 6.07) is 10.9. The molecule has 1 aromatic heterocycles. The first-order valence-electron chi connectivity index (χ1n) is 9.39. The van der Waals surface area contributed by atoms with Crippen LogP contribution in [0.3, 0.4) is 0 Å². The van der Waals surface area contributed by atoms with Gasteiger partial charge in [-0.2, -0.15) is 14.6 Å². The Balaban J connectivity index is 1.78. The topological polar surface area (TPSA) is 140 Å². The van der Waals surface area contributed by atoms with E-state index in [0.717, 1.165) is 11.5 Å². The molecule has 1 amide bonds. The van der Waals surface area contributed by atoms with Crippen LogP contribution in [0.15, 0.2) is 47.1 Å². The molecule has 3 aromatic rings. The number of rotatable bonds is 9. The number of halogens is 1. The Bertz CT molecular complexity index is 1290. The second-order valence-corrected chi connectivity index (χ2v) is 8.39. The van der Waals surface area contributed by atoms with Crippen LogP contribution in [0.2, 0.25) is 5.02 Å². The van der Waals surface area contributed by atoms with Crippen LogP contribution in [-0.2, 0) is 11.4 Å². The zero-order valence-corrected chi connectivity index (χ0v) is 20.2. The molecule has 3 rings (SSSR count). The molecule has 0 saturated carbocycles.